The molecule has 0 saturated heterocycles. The summed E-state index contributed by atoms with van der Waals surface area (Å²) < 4.78 is 35.5. The van der Waals surface area contributed by atoms with Gasteiger partial charge in [0, 0.05) is 18.7 Å². The van der Waals surface area contributed by atoms with Crippen molar-refractivity contribution in [3.05, 3.63) is 48.0 Å². The maximum Gasteiger partial charge on any atom is 0.262 e. The molecule has 0 radical (unpaired) electrons. The van der Waals surface area contributed by atoms with E-state index >= 15 is 0 Å². The Morgan fingerprint density at radius 2 is 1.57 bits per heavy atom. The molecule has 2 N–H and O–H groups in total. The van der Waals surface area contributed by atoms with Gasteiger partial charge < -0.3 is 20.1 Å². The Kier molecular flexibility index (Phi) is 4.27. The number of hydrogen-bond donors (Lipinski definition) is 2. The number of rotatable bonds is 0. The number of carbonyl (C=O) groups is 1. The number of ether oxygens (including phenoxy) is 2. The number of anilines is 2. The van der Waals surface area contributed by atoms with Crippen LogP contribution in [-0.4, -0.2) is 25.7 Å². The molecule has 5 nitrogen and oxygen atoms in total. The average molecular weight is 320 g/mol. The second kappa shape index (κ2) is 6.51. The molecule has 2 aromatic carbocycles. The number of benzene rings is 2. The summed E-state index contributed by atoms with van der Waals surface area (Å²) in [5.41, 5.74) is 1.14. The van der Waals surface area contributed by atoms with Crippen LogP contribution in [0.15, 0.2) is 36.4 Å². The summed E-state index contributed by atoms with van der Waals surface area (Å²) >= 11 is 0. The lowest BCUT2D eigenvalue weighted by molar-refractivity contribution is -0.118. The van der Waals surface area contributed by atoms with Gasteiger partial charge in [0.1, 0.15) is 29.7 Å². The molecule has 0 bridgehead atoms. The molecular formula is C16H14F2N2O3. The van der Waals surface area contributed by atoms with E-state index < -0.39 is 0 Å². The molecule has 120 valence electrons. The first-order chi connectivity index (χ1) is 11.1. The van der Waals surface area contributed by atoms with Crippen LogP contribution >= 0.6 is 0 Å². The van der Waals surface area contributed by atoms with Crippen molar-refractivity contribution in [2.45, 2.75) is 0 Å². The number of amides is 1. The third kappa shape index (κ3) is 3.68. The van der Waals surface area contributed by atoms with Crippen molar-refractivity contribution < 1.29 is 23.0 Å². The molecule has 0 fully saturated rings. The largest absolute Gasteiger partial charge is 0.490 e. The highest BCUT2D eigenvalue weighted by Gasteiger charge is 2.15. The number of carbonyl (C=O) groups excluding carboxylic acids is 1. The van der Waals surface area contributed by atoms with Gasteiger partial charge in [-0.05, 0) is 24.3 Å². The molecule has 23 heavy (non-hydrogen) atoms. The lowest BCUT2D eigenvalue weighted by Gasteiger charge is -2.18. The van der Waals surface area contributed by atoms with E-state index in [9.17, 15) is 13.6 Å². The number of fused-ring (bicyclic) bond motifs is 2. The third-order valence-corrected chi connectivity index (χ3v) is 3.19. The van der Waals surface area contributed by atoms with Crippen molar-refractivity contribution in [2.24, 2.45) is 0 Å². The molecular weight excluding hydrogens is 306 g/mol. The van der Waals surface area contributed by atoms with Crippen LogP contribution in [0, 0.1) is 11.6 Å². The lowest BCUT2D eigenvalue weighted by atomic mass is 10.2. The Morgan fingerprint density at radius 3 is 2.30 bits per heavy atom. The van der Waals surface area contributed by atoms with Gasteiger partial charge in [-0.2, -0.15) is 0 Å². The Hall–Kier alpha value is -2.83. The van der Waals surface area contributed by atoms with Gasteiger partial charge in [-0.15, -0.1) is 0 Å². The van der Waals surface area contributed by atoms with Gasteiger partial charge in [0.15, 0.2) is 6.61 Å². The van der Waals surface area contributed by atoms with Crippen molar-refractivity contribution in [3.8, 4) is 11.5 Å². The zero-order valence-electron chi connectivity index (χ0n) is 12.1. The van der Waals surface area contributed by atoms with Crippen LogP contribution in [0.4, 0.5) is 20.2 Å². The molecule has 4 rings (SSSR count). The van der Waals surface area contributed by atoms with Crippen molar-refractivity contribution in [3.63, 3.8) is 0 Å². The van der Waals surface area contributed by atoms with E-state index in [0.29, 0.717) is 18.0 Å². The summed E-state index contributed by atoms with van der Waals surface area (Å²) in [6.45, 7) is 1.40. The van der Waals surface area contributed by atoms with Gasteiger partial charge in [0.05, 0.1) is 11.4 Å². The minimum atomic E-state index is -0.389. The predicted octanol–water partition coefficient (Wildman–Crippen LogP) is 2.79. The highest BCUT2D eigenvalue weighted by molar-refractivity contribution is 5.95. The Labute approximate surface area is 131 Å². The summed E-state index contributed by atoms with van der Waals surface area (Å²) in [6.07, 6.45) is 0. The monoisotopic (exact) mass is 320 g/mol. The molecule has 7 heteroatoms. The fraction of sp³-hybridized carbons (Fsp3) is 0.188. The van der Waals surface area contributed by atoms with Crippen LogP contribution < -0.4 is 20.1 Å². The summed E-state index contributed by atoms with van der Waals surface area (Å²) in [6, 6.07) is 8.48. The standard InChI is InChI=1S/C8H6FNO2.C8H8FNO/c9-5-1-2-7-6(3-5)10-8(11)4-12-7;9-6-1-2-8-7(5-6)10-3-4-11-8/h1-3H,4H2,(H,10,11);1-2,5,10H,3-4H2. The minimum Gasteiger partial charge on any atom is -0.490 e. The molecule has 2 heterocycles. The molecule has 0 aromatic heterocycles. The van der Waals surface area contributed by atoms with Crippen molar-refractivity contribution in [1.82, 2.24) is 0 Å². The van der Waals surface area contributed by atoms with E-state index in [-0.39, 0.29) is 24.1 Å². The second-order valence-corrected chi connectivity index (χ2v) is 4.89. The van der Waals surface area contributed by atoms with Crippen LogP contribution in [0.3, 0.4) is 0 Å². The zero-order chi connectivity index (χ0) is 16.2. The molecule has 2 aliphatic rings. The van der Waals surface area contributed by atoms with Gasteiger partial charge >= 0.3 is 0 Å². The van der Waals surface area contributed by atoms with E-state index in [0.717, 1.165) is 18.0 Å². The number of nitrogens with one attached hydrogen (secondary N) is 2. The second-order valence-electron chi connectivity index (χ2n) is 4.89. The first kappa shape index (κ1) is 15.1. The van der Waals surface area contributed by atoms with Crippen LogP contribution in [0.5, 0.6) is 11.5 Å². The summed E-state index contributed by atoms with van der Waals surface area (Å²) in [5, 5.41) is 5.54. The minimum absolute atomic E-state index is 0.00136. The van der Waals surface area contributed by atoms with Crippen LogP contribution in [0.25, 0.3) is 0 Å². The van der Waals surface area contributed by atoms with E-state index in [1.54, 1.807) is 6.07 Å². The molecule has 0 unspecified atom stereocenters. The highest BCUT2D eigenvalue weighted by atomic mass is 19.1. The molecule has 0 atom stereocenters. The number of hydrogen-bond acceptors (Lipinski definition) is 4. The molecule has 2 aromatic rings. The highest BCUT2D eigenvalue weighted by Crippen LogP contribution is 2.28. The third-order valence-electron chi connectivity index (χ3n) is 3.19. The fourth-order valence-corrected chi connectivity index (χ4v) is 2.17. The predicted molar refractivity (Wildman–Crippen MR) is 80.9 cm³/mol. The summed E-state index contributed by atoms with van der Waals surface area (Å²) in [5.74, 6) is 0.364. The Morgan fingerprint density at radius 1 is 0.913 bits per heavy atom. The van der Waals surface area contributed by atoms with Gasteiger partial charge in [0.25, 0.3) is 5.91 Å². The first-order valence-corrected chi connectivity index (χ1v) is 7.00. The van der Waals surface area contributed by atoms with Crippen molar-refractivity contribution in [1.29, 1.82) is 0 Å². The van der Waals surface area contributed by atoms with Crippen molar-refractivity contribution in [2.75, 3.05) is 30.4 Å². The smallest absolute Gasteiger partial charge is 0.262 e. The first-order valence-electron chi connectivity index (χ1n) is 7.00. The average Bonchev–Trinajstić information content (AvgIpc) is 2.55. The zero-order valence-corrected chi connectivity index (χ0v) is 12.1. The molecule has 0 spiro atoms. The van der Waals surface area contributed by atoms with Crippen molar-refractivity contribution >= 4 is 17.3 Å². The Bertz CT molecular complexity index is 737. The Balaban J connectivity index is 0.000000136. The van der Waals surface area contributed by atoms with Gasteiger partial charge in [-0.1, -0.05) is 0 Å². The molecule has 1 amide bonds. The van der Waals surface area contributed by atoms with E-state index in [2.05, 4.69) is 10.6 Å². The fourth-order valence-electron chi connectivity index (χ4n) is 2.17. The van der Waals surface area contributed by atoms with Crippen LogP contribution in [-0.2, 0) is 4.79 Å². The quantitative estimate of drug-likeness (QED) is 0.784. The molecule has 0 saturated carbocycles. The molecule has 2 aliphatic heterocycles. The maximum atomic E-state index is 12.6. The van der Waals surface area contributed by atoms with E-state index in [4.69, 9.17) is 9.47 Å². The van der Waals surface area contributed by atoms with Crippen LogP contribution in [0.1, 0.15) is 0 Å². The summed E-state index contributed by atoms with van der Waals surface area (Å²) in [4.78, 5) is 10.8. The summed E-state index contributed by atoms with van der Waals surface area (Å²) in [7, 11) is 0. The number of halogens is 2. The van der Waals surface area contributed by atoms with Gasteiger partial charge in [0.2, 0.25) is 0 Å². The molecule has 0 aliphatic carbocycles. The van der Waals surface area contributed by atoms with Gasteiger partial charge in [-0.3, -0.25) is 4.79 Å². The topological polar surface area (TPSA) is 59.6 Å². The van der Waals surface area contributed by atoms with Gasteiger partial charge in [-0.25, -0.2) is 8.78 Å². The van der Waals surface area contributed by atoms with Crippen LogP contribution in [0.2, 0.25) is 0 Å². The SMILES string of the molecule is Fc1ccc2c(c1)NCCO2.O=C1COc2ccc(F)cc2N1. The van der Waals surface area contributed by atoms with E-state index in [1.807, 2.05) is 0 Å². The maximum absolute atomic E-state index is 12.6. The normalized spacial score (nSPS) is 14.6. The van der Waals surface area contributed by atoms with E-state index in [1.165, 1.54) is 30.3 Å². The lowest BCUT2D eigenvalue weighted by Crippen LogP contribution is -2.25.